The lowest BCUT2D eigenvalue weighted by molar-refractivity contribution is -0.178. The fourth-order valence-corrected chi connectivity index (χ4v) is 4.43. The van der Waals surface area contributed by atoms with Crippen LogP contribution in [0.15, 0.2) is 11.7 Å². The molecule has 3 atom stereocenters. The zero-order valence-corrected chi connectivity index (χ0v) is 20.8. The quantitative estimate of drug-likeness (QED) is 0.631. The Kier molecular flexibility index (Phi) is 11.1. The van der Waals surface area contributed by atoms with Crippen molar-refractivity contribution in [1.82, 2.24) is 9.97 Å². The van der Waals surface area contributed by atoms with Crippen molar-refractivity contribution in [3.05, 3.63) is 22.3 Å². The Morgan fingerprint density at radius 2 is 1.90 bits per heavy atom. The number of ether oxygens (including phenoxy) is 3. The maximum absolute atomic E-state index is 8.08. The minimum Gasteiger partial charge on any atom is -0.367 e. The molecular formula is C22H36N2O5S2. The molecular weight excluding hydrogens is 436 g/mol. The molecule has 2 N–H and O–H groups in total. The highest BCUT2D eigenvalue weighted by atomic mass is 32.2. The summed E-state index contributed by atoms with van der Waals surface area (Å²) in [5, 5.41) is 19.4. The highest BCUT2D eigenvalue weighted by Gasteiger charge is 2.30. The van der Waals surface area contributed by atoms with Crippen molar-refractivity contribution in [2.75, 3.05) is 25.7 Å². The summed E-state index contributed by atoms with van der Waals surface area (Å²) in [6.45, 7) is 6.06. The van der Waals surface area contributed by atoms with Crippen LogP contribution in [0.1, 0.15) is 62.6 Å². The minimum atomic E-state index is -1.50. The Bertz CT molecular complexity index is 769. The van der Waals surface area contributed by atoms with Gasteiger partial charge in [-0.3, -0.25) is 0 Å². The maximum Gasteiger partial charge on any atom is 0.157 e. The minimum absolute atomic E-state index is 0.0376. The zero-order valence-electron chi connectivity index (χ0n) is 19.2. The van der Waals surface area contributed by atoms with Gasteiger partial charge in [-0.25, -0.2) is 9.97 Å². The van der Waals surface area contributed by atoms with Crippen molar-refractivity contribution in [2.45, 2.75) is 77.2 Å². The molecule has 0 saturated carbocycles. The number of aryl methyl sites for hydroxylation is 1. The van der Waals surface area contributed by atoms with E-state index in [9.17, 15) is 0 Å². The summed E-state index contributed by atoms with van der Waals surface area (Å²) in [4.78, 5) is 9.95. The Morgan fingerprint density at radius 1 is 1.19 bits per heavy atom. The van der Waals surface area contributed by atoms with E-state index in [1.54, 1.807) is 29.4 Å². The Balaban J connectivity index is 0.000000371. The van der Waals surface area contributed by atoms with Crippen molar-refractivity contribution in [3.63, 3.8) is 0 Å². The van der Waals surface area contributed by atoms with E-state index in [1.165, 1.54) is 25.1 Å². The first-order valence-corrected chi connectivity index (χ1v) is 13.2. The van der Waals surface area contributed by atoms with Gasteiger partial charge in [-0.1, -0.05) is 0 Å². The number of aliphatic hydroxyl groups is 2. The molecule has 7 nitrogen and oxygen atoms in total. The zero-order chi connectivity index (χ0) is 22.9. The smallest absolute Gasteiger partial charge is 0.157 e. The van der Waals surface area contributed by atoms with Crippen LogP contribution in [-0.2, 0) is 14.2 Å². The molecule has 0 amide bonds. The van der Waals surface area contributed by atoms with E-state index in [-0.39, 0.29) is 18.5 Å². The number of hydrogen-bond acceptors (Lipinski definition) is 9. The number of aromatic nitrogens is 2. The summed E-state index contributed by atoms with van der Waals surface area (Å²) in [5.74, 6) is -1.50. The molecule has 31 heavy (non-hydrogen) atoms. The van der Waals surface area contributed by atoms with Gasteiger partial charge in [0.2, 0.25) is 0 Å². The summed E-state index contributed by atoms with van der Waals surface area (Å²) in [7, 11) is 0. The molecule has 0 bridgehead atoms. The second kappa shape index (κ2) is 13.0. The van der Waals surface area contributed by atoms with E-state index < -0.39 is 5.79 Å². The van der Waals surface area contributed by atoms with Crippen LogP contribution >= 0.6 is 23.1 Å². The van der Waals surface area contributed by atoms with E-state index in [0.717, 1.165) is 48.9 Å². The van der Waals surface area contributed by atoms with Gasteiger partial charge in [-0.2, -0.15) is 11.8 Å². The summed E-state index contributed by atoms with van der Waals surface area (Å²) in [6.07, 6.45) is 11.4. The van der Waals surface area contributed by atoms with Gasteiger partial charge < -0.3 is 24.4 Å². The number of thiophene rings is 1. The molecule has 0 aromatic carbocycles. The van der Waals surface area contributed by atoms with Gasteiger partial charge in [0, 0.05) is 23.1 Å². The molecule has 9 heteroatoms. The molecule has 2 aromatic heterocycles. The first-order chi connectivity index (χ1) is 14.7. The van der Waals surface area contributed by atoms with Crippen LogP contribution in [-0.4, -0.2) is 64.1 Å². The molecule has 4 rings (SSSR count). The third-order valence-electron chi connectivity index (χ3n) is 4.63. The molecule has 0 aliphatic carbocycles. The second-order valence-corrected chi connectivity index (χ2v) is 9.91. The number of thioether (sulfide) groups is 1. The molecule has 2 aromatic rings. The lowest BCUT2D eigenvalue weighted by Gasteiger charge is -2.24. The summed E-state index contributed by atoms with van der Waals surface area (Å²) < 4.78 is 17.7. The van der Waals surface area contributed by atoms with Crippen LogP contribution in [0.2, 0.25) is 0 Å². The van der Waals surface area contributed by atoms with Gasteiger partial charge in [0.15, 0.2) is 12.1 Å². The Hall–Kier alpha value is -0.810. The molecule has 2 saturated heterocycles. The third kappa shape index (κ3) is 9.29. The number of rotatable bonds is 4. The average molecular weight is 473 g/mol. The van der Waals surface area contributed by atoms with Crippen LogP contribution < -0.4 is 0 Å². The van der Waals surface area contributed by atoms with E-state index in [4.69, 9.17) is 24.4 Å². The standard InChI is InChI=1S/C17H22N2O3S.C3H8O2.C2H6S/c1-11-13-9-23-17(16(13)19-10-18-11)14-6-5-12(22-14)8-21-15-4-2-3-7-20-15;1-3(2,4)5;1-3-2/h9-10,12,14-15H,2-8H2,1H3;4-5H,1-2H3;1-2H3. The second-order valence-electron chi connectivity index (χ2n) is 8.18. The molecule has 2 aliphatic rings. The van der Waals surface area contributed by atoms with Crippen LogP contribution in [0, 0.1) is 6.92 Å². The monoisotopic (exact) mass is 472 g/mol. The molecule has 2 aliphatic heterocycles. The molecule has 4 heterocycles. The molecule has 176 valence electrons. The summed E-state index contributed by atoms with van der Waals surface area (Å²) in [5.41, 5.74) is 2.08. The molecule has 0 radical (unpaired) electrons. The largest absolute Gasteiger partial charge is 0.367 e. The average Bonchev–Trinajstić information content (AvgIpc) is 3.34. The first kappa shape index (κ1) is 26.4. The Labute approximate surface area is 193 Å². The van der Waals surface area contributed by atoms with Gasteiger partial charge in [0.05, 0.1) is 29.2 Å². The van der Waals surface area contributed by atoms with Crippen molar-refractivity contribution in [1.29, 1.82) is 0 Å². The lowest BCUT2D eigenvalue weighted by atomic mass is 10.1. The Morgan fingerprint density at radius 3 is 2.55 bits per heavy atom. The number of fused-ring (bicyclic) bond motifs is 1. The topological polar surface area (TPSA) is 93.9 Å². The van der Waals surface area contributed by atoms with Crippen molar-refractivity contribution in [2.24, 2.45) is 0 Å². The van der Waals surface area contributed by atoms with Crippen molar-refractivity contribution in [3.8, 4) is 0 Å². The maximum atomic E-state index is 8.08. The van der Waals surface area contributed by atoms with Gasteiger partial charge in [-0.05, 0) is 65.4 Å². The first-order valence-electron chi connectivity index (χ1n) is 10.6. The SMILES string of the molecule is CC(C)(O)O.CSC.Cc1ncnc2c(C3CCC(COC4CCCCO4)O3)scc12. The fourth-order valence-electron chi connectivity index (χ4n) is 3.31. The van der Waals surface area contributed by atoms with E-state index in [1.807, 2.05) is 19.4 Å². The highest BCUT2D eigenvalue weighted by molar-refractivity contribution is 7.97. The van der Waals surface area contributed by atoms with E-state index in [2.05, 4.69) is 15.3 Å². The van der Waals surface area contributed by atoms with Crippen molar-refractivity contribution < 1.29 is 24.4 Å². The lowest BCUT2D eigenvalue weighted by Crippen LogP contribution is -2.26. The summed E-state index contributed by atoms with van der Waals surface area (Å²) in [6, 6.07) is 0. The van der Waals surface area contributed by atoms with E-state index >= 15 is 0 Å². The summed E-state index contributed by atoms with van der Waals surface area (Å²) >= 11 is 3.48. The van der Waals surface area contributed by atoms with Crippen molar-refractivity contribution >= 4 is 34.0 Å². The van der Waals surface area contributed by atoms with Crippen LogP contribution in [0.3, 0.4) is 0 Å². The van der Waals surface area contributed by atoms with Gasteiger partial charge >= 0.3 is 0 Å². The molecule has 0 spiro atoms. The number of hydrogen-bond donors (Lipinski definition) is 2. The predicted octanol–water partition coefficient (Wildman–Crippen LogP) is 4.45. The van der Waals surface area contributed by atoms with Crippen LogP contribution in [0.4, 0.5) is 0 Å². The number of nitrogens with zero attached hydrogens (tertiary/aromatic N) is 2. The van der Waals surface area contributed by atoms with Gasteiger partial charge in [0.1, 0.15) is 6.33 Å². The third-order valence-corrected chi connectivity index (χ3v) is 5.69. The molecule has 3 unspecified atom stereocenters. The van der Waals surface area contributed by atoms with Gasteiger partial charge in [-0.15, -0.1) is 11.3 Å². The van der Waals surface area contributed by atoms with Gasteiger partial charge in [0.25, 0.3) is 0 Å². The molecule has 2 fully saturated rings. The van der Waals surface area contributed by atoms with E-state index in [0.29, 0.717) is 6.61 Å². The van der Waals surface area contributed by atoms with Crippen LogP contribution in [0.5, 0.6) is 0 Å². The van der Waals surface area contributed by atoms with Crippen LogP contribution in [0.25, 0.3) is 10.9 Å². The normalized spacial score (nSPS) is 23.6. The fraction of sp³-hybridized carbons (Fsp3) is 0.727. The predicted molar refractivity (Wildman–Crippen MR) is 126 cm³/mol. The highest BCUT2D eigenvalue weighted by Crippen LogP contribution is 2.39.